The van der Waals surface area contributed by atoms with Gasteiger partial charge in [-0.3, -0.25) is 24.6 Å². The largest absolute Gasteiger partial charge is 0.365 e. The van der Waals surface area contributed by atoms with Gasteiger partial charge in [-0.15, -0.1) is 0 Å². The lowest BCUT2D eigenvalue weighted by molar-refractivity contribution is -0.384. The van der Waals surface area contributed by atoms with Gasteiger partial charge in [-0.1, -0.05) is 23.7 Å². The third-order valence-corrected chi connectivity index (χ3v) is 4.79. The van der Waals surface area contributed by atoms with E-state index in [-0.39, 0.29) is 23.4 Å². The molecule has 1 fully saturated rings. The molecule has 0 aliphatic carbocycles. The second-order valence-corrected chi connectivity index (χ2v) is 6.76. The van der Waals surface area contributed by atoms with Gasteiger partial charge in [-0.2, -0.15) is 0 Å². The molecule has 7 nitrogen and oxygen atoms in total. The van der Waals surface area contributed by atoms with Crippen LogP contribution in [0.1, 0.15) is 5.56 Å². The van der Waals surface area contributed by atoms with Crippen molar-refractivity contribution in [1.29, 1.82) is 0 Å². The van der Waals surface area contributed by atoms with Crippen molar-refractivity contribution in [3.8, 4) is 0 Å². The predicted molar refractivity (Wildman–Crippen MR) is 95.5 cm³/mol. The van der Waals surface area contributed by atoms with E-state index in [0.29, 0.717) is 16.3 Å². The van der Waals surface area contributed by atoms with Crippen LogP contribution < -0.4 is 5.32 Å². The van der Waals surface area contributed by atoms with E-state index < -0.39 is 10.3 Å². The van der Waals surface area contributed by atoms with E-state index in [1.165, 1.54) is 24.3 Å². The highest BCUT2D eigenvalue weighted by Gasteiger charge is 2.39. The summed E-state index contributed by atoms with van der Waals surface area (Å²) in [6.45, 7) is 0.0709. The maximum absolute atomic E-state index is 12.5. The summed E-state index contributed by atoms with van der Waals surface area (Å²) in [6.07, 6.45) is 0. The lowest BCUT2D eigenvalue weighted by Gasteiger charge is -2.15. The molecule has 1 atom stereocenters. The summed E-state index contributed by atoms with van der Waals surface area (Å²) in [5.41, 5.74) is 1.28. The molecule has 2 aromatic carbocycles. The fraction of sp³-hybridized carbons (Fsp3) is 0.125. The molecule has 0 saturated carbocycles. The maximum Gasteiger partial charge on any atom is 0.291 e. The second kappa shape index (κ2) is 7.12. The average molecular weight is 378 g/mol. The van der Waals surface area contributed by atoms with Crippen LogP contribution in [-0.2, 0) is 11.3 Å². The van der Waals surface area contributed by atoms with Crippen LogP contribution in [0.25, 0.3) is 0 Å². The molecule has 128 valence electrons. The molecule has 1 N–H and O–H groups in total. The van der Waals surface area contributed by atoms with E-state index in [0.717, 1.165) is 16.7 Å². The highest BCUT2D eigenvalue weighted by Crippen LogP contribution is 2.30. The zero-order valence-corrected chi connectivity index (χ0v) is 14.3. The number of carbonyl (C=O) groups excluding carboxylic acids is 2. The minimum atomic E-state index is -0.716. The first-order chi connectivity index (χ1) is 11.9. The highest BCUT2D eigenvalue weighted by atomic mass is 35.5. The summed E-state index contributed by atoms with van der Waals surface area (Å²) in [5.74, 6) is -0.358. The van der Waals surface area contributed by atoms with Crippen LogP contribution in [0.3, 0.4) is 0 Å². The first-order valence-electron chi connectivity index (χ1n) is 7.21. The van der Waals surface area contributed by atoms with Crippen LogP contribution in [0.2, 0.25) is 5.02 Å². The monoisotopic (exact) mass is 377 g/mol. The lowest BCUT2D eigenvalue weighted by Crippen LogP contribution is -2.33. The van der Waals surface area contributed by atoms with Gasteiger partial charge >= 0.3 is 0 Å². The SMILES string of the molecule is O=C1S[C@@H](Nc2ccc(Cl)cc2)C(=O)N1Cc1ccc([N+](=O)[O-])cc1. The topological polar surface area (TPSA) is 92.6 Å². The van der Waals surface area contributed by atoms with Crippen molar-refractivity contribution in [3.63, 3.8) is 0 Å². The van der Waals surface area contributed by atoms with Gasteiger partial charge in [0.15, 0.2) is 5.37 Å². The molecule has 1 saturated heterocycles. The molecule has 0 aromatic heterocycles. The smallest absolute Gasteiger partial charge is 0.291 e. The number of nitro groups is 1. The van der Waals surface area contributed by atoms with Gasteiger partial charge in [-0.05, 0) is 41.6 Å². The number of rotatable bonds is 5. The number of hydrogen-bond acceptors (Lipinski definition) is 6. The molecule has 2 aromatic rings. The number of nitro benzene ring substituents is 1. The van der Waals surface area contributed by atoms with E-state index in [4.69, 9.17) is 11.6 Å². The summed E-state index contributed by atoms with van der Waals surface area (Å²) in [6, 6.07) is 12.6. The number of nitrogens with one attached hydrogen (secondary N) is 1. The number of amides is 2. The molecular formula is C16H12ClN3O4S. The Morgan fingerprint density at radius 1 is 1.12 bits per heavy atom. The quantitative estimate of drug-likeness (QED) is 0.627. The Morgan fingerprint density at radius 2 is 1.76 bits per heavy atom. The van der Waals surface area contributed by atoms with Crippen LogP contribution >= 0.6 is 23.4 Å². The Labute approximate surface area is 152 Å². The molecule has 0 unspecified atom stereocenters. The molecule has 1 heterocycles. The molecule has 1 aliphatic heterocycles. The van der Waals surface area contributed by atoms with Crippen molar-refractivity contribution in [2.45, 2.75) is 11.9 Å². The fourth-order valence-corrected chi connectivity index (χ4v) is 3.32. The lowest BCUT2D eigenvalue weighted by atomic mass is 10.2. The van der Waals surface area contributed by atoms with Crippen LogP contribution in [0.4, 0.5) is 16.2 Å². The van der Waals surface area contributed by atoms with E-state index in [1.54, 1.807) is 24.3 Å². The normalized spacial score (nSPS) is 17.0. The van der Waals surface area contributed by atoms with Crippen LogP contribution in [-0.4, -0.2) is 26.3 Å². The van der Waals surface area contributed by atoms with Crippen LogP contribution in [0, 0.1) is 10.1 Å². The summed E-state index contributed by atoms with van der Waals surface area (Å²) >= 11 is 6.71. The second-order valence-electron chi connectivity index (χ2n) is 5.26. The molecule has 1 aliphatic rings. The number of carbonyl (C=O) groups is 2. The van der Waals surface area contributed by atoms with Crippen molar-refractivity contribution in [2.24, 2.45) is 0 Å². The van der Waals surface area contributed by atoms with E-state index >= 15 is 0 Å². The van der Waals surface area contributed by atoms with Crippen molar-refractivity contribution < 1.29 is 14.5 Å². The summed E-state index contributed by atoms with van der Waals surface area (Å²) < 4.78 is 0. The number of non-ortho nitro benzene ring substituents is 1. The molecule has 9 heteroatoms. The van der Waals surface area contributed by atoms with Gasteiger partial charge in [-0.25, -0.2) is 0 Å². The summed E-state index contributed by atoms with van der Waals surface area (Å²) in [7, 11) is 0. The number of hydrogen-bond donors (Lipinski definition) is 1. The van der Waals surface area contributed by atoms with Gasteiger partial charge in [0.1, 0.15) is 0 Å². The molecule has 0 radical (unpaired) electrons. The van der Waals surface area contributed by atoms with Gasteiger partial charge < -0.3 is 5.32 Å². The number of anilines is 1. The number of benzene rings is 2. The molecule has 0 bridgehead atoms. The Hall–Kier alpha value is -2.58. The zero-order chi connectivity index (χ0) is 18.0. The third-order valence-electron chi connectivity index (χ3n) is 3.56. The molecule has 25 heavy (non-hydrogen) atoms. The number of thioether (sulfide) groups is 1. The van der Waals surface area contributed by atoms with E-state index in [2.05, 4.69) is 5.32 Å². The minimum Gasteiger partial charge on any atom is -0.365 e. The van der Waals surface area contributed by atoms with Crippen LogP contribution in [0.5, 0.6) is 0 Å². The van der Waals surface area contributed by atoms with Gasteiger partial charge in [0.05, 0.1) is 11.5 Å². The zero-order valence-electron chi connectivity index (χ0n) is 12.7. The van der Waals surface area contributed by atoms with Gasteiger partial charge in [0.2, 0.25) is 0 Å². The van der Waals surface area contributed by atoms with E-state index in [9.17, 15) is 19.7 Å². The summed E-state index contributed by atoms with van der Waals surface area (Å²) in [5, 5.41) is 13.2. The Morgan fingerprint density at radius 3 is 2.36 bits per heavy atom. The van der Waals surface area contributed by atoms with Crippen molar-refractivity contribution in [2.75, 3.05) is 5.32 Å². The van der Waals surface area contributed by atoms with Crippen molar-refractivity contribution in [1.82, 2.24) is 4.90 Å². The van der Waals surface area contributed by atoms with Gasteiger partial charge in [0.25, 0.3) is 16.8 Å². The van der Waals surface area contributed by atoms with E-state index in [1.807, 2.05) is 0 Å². The Bertz CT molecular complexity index is 826. The van der Waals surface area contributed by atoms with Gasteiger partial charge in [0, 0.05) is 22.8 Å². The minimum absolute atomic E-state index is 0.0421. The predicted octanol–water partition coefficient (Wildman–Crippen LogP) is 3.88. The first-order valence-corrected chi connectivity index (χ1v) is 8.47. The van der Waals surface area contributed by atoms with Crippen LogP contribution in [0.15, 0.2) is 48.5 Å². The van der Waals surface area contributed by atoms with Crippen molar-refractivity contribution >= 4 is 45.9 Å². The number of nitrogens with zero attached hydrogens (tertiary/aromatic N) is 2. The highest BCUT2D eigenvalue weighted by molar-refractivity contribution is 8.15. The summed E-state index contributed by atoms with van der Waals surface area (Å²) in [4.78, 5) is 35.9. The fourth-order valence-electron chi connectivity index (χ4n) is 2.28. The molecule has 2 amide bonds. The Kier molecular flexibility index (Phi) is 4.91. The number of halogens is 1. The third kappa shape index (κ3) is 3.92. The Balaban J connectivity index is 1.68. The van der Waals surface area contributed by atoms with Crippen molar-refractivity contribution in [3.05, 3.63) is 69.2 Å². The average Bonchev–Trinajstić information content (AvgIpc) is 2.85. The maximum atomic E-state index is 12.5. The number of imide groups is 1. The molecule has 0 spiro atoms. The first kappa shape index (κ1) is 17.2. The molecule has 3 rings (SSSR count). The standard InChI is InChI=1S/C16H12ClN3O4S/c17-11-3-5-12(6-4-11)18-14-15(21)19(16(22)25-14)9-10-1-7-13(8-2-10)20(23)24/h1-8,14,18H,9H2/t14-/m1/s1. The molecular weight excluding hydrogens is 366 g/mol.